The summed E-state index contributed by atoms with van der Waals surface area (Å²) in [6.07, 6.45) is -3.14. The average molecular weight is 553 g/mol. The third-order valence-electron chi connectivity index (χ3n) is 4.04. The highest BCUT2D eigenvalue weighted by atomic mass is 32.2. The third kappa shape index (κ3) is 6.36. The summed E-state index contributed by atoms with van der Waals surface area (Å²) in [4.78, 5) is 48.0. The van der Waals surface area contributed by atoms with Gasteiger partial charge in [-0.05, 0) is 6.26 Å². The van der Waals surface area contributed by atoms with E-state index >= 15 is 0 Å². The minimum atomic E-state index is -5.71. The van der Waals surface area contributed by atoms with E-state index in [1.165, 1.54) is 22.7 Å². The van der Waals surface area contributed by atoms with Gasteiger partial charge in [0, 0.05) is 0 Å². The van der Waals surface area contributed by atoms with E-state index < -0.39 is 54.6 Å². The van der Waals surface area contributed by atoms with Crippen LogP contribution in [0.3, 0.4) is 0 Å². The van der Waals surface area contributed by atoms with Gasteiger partial charge in [-0.15, -0.1) is 0 Å². The Balaban J connectivity index is 1.73. The number of aliphatic hydroxyl groups excluding tert-OH is 2. The molecule has 0 radical (unpaired) electrons. The Morgan fingerprint density at radius 1 is 1.12 bits per heavy atom. The SMILES string of the molecule is CSc1nc(N)c2ncn([C@H]3O[C@H](COP(=O)(O)OP(=O)(O)OP(=O)(O)O)[C@@H](O)[C@@H]3O)c2n1. The number of aromatic nitrogens is 4. The fourth-order valence-corrected chi connectivity index (χ4v) is 6.16. The number of nitrogens with two attached hydrogens (primary N) is 1. The summed E-state index contributed by atoms with van der Waals surface area (Å²) in [5, 5.41) is 20.9. The van der Waals surface area contributed by atoms with Crippen molar-refractivity contribution in [1.82, 2.24) is 19.5 Å². The van der Waals surface area contributed by atoms with Gasteiger partial charge < -0.3 is 40.3 Å². The number of phosphoric ester groups is 1. The zero-order chi connectivity index (χ0) is 24.8. The van der Waals surface area contributed by atoms with Crippen molar-refractivity contribution in [2.24, 2.45) is 0 Å². The van der Waals surface area contributed by atoms with Crippen molar-refractivity contribution < 1.29 is 61.4 Å². The molecule has 1 saturated heterocycles. The van der Waals surface area contributed by atoms with E-state index in [4.69, 9.17) is 25.2 Å². The molecule has 18 nitrogen and oxygen atoms in total. The van der Waals surface area contributed by atoms with E-state index in [2.05, 4.69) is 28.1 Å². The summed E-state index contributed by atoms with van der Waals surface area (Å²) in [6.45, 7) is -0.960. The van der Waals surface area contributed by atoms with Crippen LogP contribution in [0.2, 0.25) is 0 Å². The van der Waals surface area contributed by atoms with Crippen molar-refractivity contribution in [2.75, 3.05) is 18.6 Å². The molecule has 3 heterocycles. The summed E-state index contributed by atoms with van der Waals surface area (Å²) in [7, 11) is -16.7. The Morgan fingerprint density at radius 3 is 2.39 bits per heavy atom. The quantitative estimate of drug-likeness (QED) is 0.112. The fourth-order valence-electron chi connectivity index (χ4n) is 2.76. The smallest absolute Gasteiger partial charge is 0.387 e. The lowest BCUT2D eigenvalue weighted by Gasteiger charge is -2.19. The van der Waals surface area contributed by atoms with Crippen molar-refractivity contribution in [3.63, 3.8) is 0 Å². The molecule has 33 heavy (non-hydrogen) atoms. The Labute approximate surface area is 188 Å². The van der Waals surface area contributed by atoms with Gasteiger partial charge in [0.2, 0.25) is 0 Å². The van der Waals surface area contributed by atoms with Gasteiger partial charge in [0.15, 0.2) is 22.8 Å². The first-order chi connectivity index (χ1) is 15.1. The minimum Gasteiger partial charge on any atom is -0.387 e. The van der Waals surface area contributed by atoms with Gasteiger partial charge in [0.25, 0.3) is 0 Å². The molecular weight excluding hydrogens is 535 g/mol. The summed E-state index contributed by atoms with van der Waals surface area (Å²) in [6, 6.07) is 0. The van der Waals surface area contributed by atoms with E-state index in [1.807, 2.05) is 0 Å². The molecule has 0 aliphatic carbocycles. The fraction of sp³-hybridized carbons (Fsp3) is 0.545. The second-order valence-electron chi connectivity index (χ2n) is 6.35. The molecule has 0 aromatic carbocycles. The van der Waals surface area contributed by atoms with Crippen molar-refractivity contribution >= 4 is 52.2 Å². The lowest BCUT2D eigenvalue weighted by Crippen LogP contribution is -2.33. The van der Waals surface area contributed by atoms with Gasteiger partial charge in [0.05, 0.1) is 12.9 Å². The number of phosphoric acid groups is 3. The standard InChI is InChI=1S/C11H18N5O13P3S/c1-33-11-14-8(12)5-9(15-11)16(3-13-5)10-7(18)6(17)4(27-10)2-26-31(22,23)29-32(24,25)28-30(19,20)21/h3-4,6-7,10,17-18H,2H2,1H3,(H,22,23)(H,24,25)(H2,12,14,15)(H2,19,20,21)/t4-,6-,7+,10+/m1/s1. The number of ether oxygens (including phenoxy) is 1. The third-order valence-corrected chi connectivity index (χ3v) is 8.39. The van der Waals surface area contributed by atoms with Gasteiger partial charge in [0.1, 0.15) is 23.8 Å². The number of rotatable bonds is 9. The maximum Gasteiger partial charge on any atom is 0.490 e. The van der Waals surface area contributed by atoms with Crippen LogP contribution in [-0.4, -0.2) is 80.5 Å². The first-order valence-corrected chi connectivity index (χ1v) is 14.2. The first-order valence-electron chi connectivity index (χ1n) is 8.46. The molecule has 22 heteroatoms. The van der Waals surface area contributed by atoms with Crippen LogP contribution in [0, 0.1) is 0 Å². The van der Waals surface area contributed by atoms with Crippen LogP contribution in [0.15, 0.2) is 11.5 Å². The maximum absolute atomic E-state index is 11.9. The summed E-state index contributed by atoms with van der Waals surface area (Å²) in [5.74, 6) is 0.0559. The number of nitrogen functional groups attached to an aromatic ring is 1. The number of thioether (sulfide) groups is 1. The average Bonchev–Trinajstić information content (AvgIpc) is 3.19. The zero-order valence-corrected chi connectivity index (χ0v) is 19.8. The van der Waals surface area contributed by atoms with Gasteiger partial charge in [-0.3, -0.25) is 9.09 Å². The van der Waals surface area contributed by atoms with E-state index in [-0.39, 0.29) is 17.0 Å². The molecule has 2 unspecified atom stereocenters. The molecular formula is C11H18N5O13P3S. The summed E-state index contributed by atoms with van der Waals surface area (Å²) < 4.78 is 52.2. The number of aliphatic hydroxyl groups is 2. The molecule has 8 N–H and O–H groups in total. The predicted octanol–water partition coefficient (Wildman–Crippen LogP) is -0.907. The molecule has 186 valence electrons. The van der Waals surface area contributed by atoms with E-state index in [0.717, 1.165) is 0 Å². The maximum atomic E-state index is 11.9. The van der Waals surface area contributed by atoms with Crippen molar-refractivity contribution in [2.45, 2.75) is 29.7 Å². The monoisotopic (exact) mass is 553 g/mol. The number of nitrogens with zero attached hydrogens (tertiary/aromatic N) is 4. The molecule has 1 aliphatic rings. The van der Waals surface area contributed by atoms with Crippen molar-refractivity contribution in [1.29, 1.82) is 0 Å². The first kappa shape index (κ1) is 26.6. The van der Waals surface area contributed by atoms with Gasteiger partial charge in [-0.25, -0.2) is 28.6 Å². The lowest BCUT2D eigenvalue weighted by atomic mass is 10.1. The molecule has 2 aromatic rings. The second-order valence-corrected chi connectivity index (χ2v) is 11.5. The van der Waals surface area contributed by atoms with Crippen LogP contribution < -0.4 is 5.73 Å². The van der Waals surface area contributed by atoms with Crippen LogP contribution in [0.25, 0.3) is 11.2 Å². The van der Waals surface area contributed by atoms with Crippen LogP contribution >= 0.6 is 35.2 Å². The number of anilines is 1. The highest BCUT2D eigenvalue weighted by Gasteiger charge is 2.47. The van der Waals surface area contributed by atoms with E-state index in [0.29, 0.717) is 5.16 Å². The Bertz CT molecular complexity index is 1170. The number of imidazole rings is 1. The van der Waals surface area contributed by atoms with Crippen LogP contribution in [0.1, 0.15) is 6.23 Å². The molecule has 0 saturated carbocycles. The molecule has 1 fully saturated rings. The molecule has 6 atom stereocenters. The number of hydrogen-bond acceptors (Lipinski definition) is 14. The zero-order valence-electron chi connectivity index (χ0n) is 16.3. The largest absolute Gasteiger partial charge is 0.490 e. The molecule has 1 aliphatic heterocycles. The summed E-state index contributed by atoms with van der Waals surface area (Å²) >= 11 is 1.18. The van der Waals surface area contributed by atoms with Gasteiger partial charge >= 0.3 is 23.5 Å². The summed E-state index contributed by atoms with van der Waals surface area (Å²) in [5.41, 5.74) is 6.18. The second kappa shape index (κ2) is 9.56. The number of hydrogen-bond donors (Lipinski definition) is 7. The Hall–Kier alpha value is -1.01. The minimum absolute atomic E-state index is 0.0559. The molecule has 2 aromatic heterocycles. The van der Waals surface area contributed by atoms with Gasteiger partial charge in [-0.2, -0.15) is 8.62 Å². The normalized spacial score (nSPS) is 27.5. The topological polar surface area (TPSA) is 279 Å². The molecule has 0 spiro atoms. The van der Waals surface area contributed by atoms with E-state index in [9.17, 15) is 28.8 Å². The lowest BCUT2D eigenvalue weighted by molar-refractivity contribution is -0.0503. The molecule has 0 bridgehead atoms. The van der Waals surface area contributed by atoms with Gasteiger partial charge in [-0.1, -0.05) is 11.8 Å². The Morgan fingerprint density at radius 2 is 1.79 bits per heavy atom. The van der Waals surface area contributed by atoms with Crippen LogP contribution in [0.4, 0.5) is 5.82 Å². The molecule has 3 rings (SSSR count). The van der Waals surface area contributed by atoms with E-state index in [1.54, 1.807) is 6.26 Å². The van der Waals surface area contributed by atoms with Crippen LogP contribution in [-0.2, 0) is 31.6 Å². The van der Waals surface area contributed by atoms with Crippen LogP contribution in [0.5, 0.6) is 0 Å². The molecule has 0 amide bonds. The number of fused-ring (bicyclic) bond motifs is 1. The van der Waals surface area contributed by atoms with Crippen molar-refractivity contribution in [3.05, 3.63) is 6.33 Å². The highest BCUT2D eigenvalue weighted by Crippen LogP contribution is 2.66. The van der Waals surface area contributed by atoms with Crippen molar-refractivity contribution in [3.8, 4) is 0 Å². The predicted molar refractivity (Wildman–Crippen MR) is 107 cm³/mol. The Kier molecular flexibility index (Phi) is 7.71. The highest BCUT2D eigenvalue weighted by molar-refractivity contribution is 7.98.